The molecule has 2 heterocycles. The summed E-state index contributed by atoms with van der Waals surface area (Å²) in [4.78, 5) is 5.84. The number of hydrogen-bond acceptors (Lipinski definition) is 3. The lowest BCUT2D eigenvalue weighted by atomic mass is 9.81. The molecule has 1 saturated carbocycles. The van der Waals surface area contributed by atoms with Gasteiger partial charge < -0.3 is 10.2 Å². The minimum Gasteiger partial charge on any atom is -0.389 e. The van der Waals surface area contributed by atoms with Crippen molar-refractivity contribution in [3.8, 4) is 0 Å². The molecule has 19 heavy (non-hydrogen) atoms. The van der Waals surface area contributed by atoms with Crippen molar-refractivity contribution in [3.05, 3.63) is 29.3 Å². The third-order valence-electron chi connectivity index (χ3n) is 4.76. The number of fused-ring (bicyclic) bond motifs is 1. The second kappa shape index (κ2) is 4.26. The topological polar surface area (TPSA) is 33.6 Å². The number of hydrogen-bond donors (Lipinski definition) is 1. The monoisotopic (exact) mass is 256 g/mol. The fraction of sp³-hybridized carbons (Fsp3) is 0.562. The molecule has 1 N–H and O–H groups in total. The Labute approximate surface area is 114 Å². The van der Waals surface area contributed by atoms with Gasteiger partial charge in [-0.2, -0.15) is 0 Å². The van der Waals surface area contributed by atoms with Gasteiger partial charge in [0.2, 0.25) is 0 Å². The molecule has 3 aliphatic rings. The molecule has 1 fully saturated rings. The maximum absolute atomic E-state index is 5.84. The van der Waals surface area contributed by atoms with Crippen LogP contribution in [0.3, 0.4) is 0 Å². The summed E-state index contributed by atoms with van der Waals surface area (Å²) in [5.41, 5.74) is 5.11. The van der Waals surface area contributed by atoms with E-state index in [9.17, 15) is 0 Å². The van der Waals surface area contributed by atoms with E-state index in [-0.39, 0.29) is 5.60 Å². The molecular weight excluding hydrogens is 236 g/mol. The highest BCUT2D eigenvalue weighted by molar-refractivity contribution is 6.02. The summed E-state index contributed by atoms with van der Waals surface area (Å²) in [6, 6.07) is 6.68. The Bertz CT molecular complexity index is 530. The molecule has 1 aliphatic carbocycles. The van der Waals surface area contributed by atoms with Crippen molar-refractivity contribution in [1.82, 2.24) is 0 Å². The van der Waals surface area contributed by atoms with Crippen LogP contribution < -0.4 is 5.32 Å². The van der Waals surface area contributed by atoms with E-state index in [4.69, 9.17) is 4.84 Å². The van der Waals surface area contributed by atoms with Crippen LogP contribution >= 0.6 is 0 Å². The molecule has 0 amide bonds. The zero-order chi connectivity index (χ0) is 12.7. The quantitative estimate of drug-likeness (QED) is 0.834. The summed E-state index contributed by atoms with van der Waals surface area (Å²) in [6.07, 6.45) is 8.40. The number of benzene rings is 1. The van der Waals surface area contributed by atoms with Crippen LogP contribution in [0.5, 0.6) is 0 Å². The molecular formula is C16H20N2O. The van der Waals surface area contributed by atoms with Gasteiger partial charge in [-0.25, -0.2) is 0 Å². The second-order valence-electron chi connectivity index (χ2n) is 6.10. The van der Waals surface area contributed by atoms with Crippen LogP contribution in [0, 0.1) is 0 Å². The van der Waals surface area contributed by atoms with E-state index >= 15 is 0 Å². The van der Waals surface area contributed by atoms with Crippen LogP contribution in [0.15, 0.2) is 23.4 Å². The van der Waals surface area contributed by atoms with E-state index in [0.29, 0.717) is 0 Å². The second-order valence-corrected chi connectivity index (χ2v) is 6.10. The van der Waals surface area contributed by atoms with Crippen molar-refractivity contribution in [3.63, 3.8) is 0 Å². The molecule has 0 unspecified atom stereocenters. The van der Waals surface area contributed by atoms with Gasteiger partial charge in [0, 0.05) is 24.2 Å². The Balaban J connectivity index is 1.57. The molecule has 0 radical (unpaired) electrons. The third kappa shape index (κ3) is 1.92. The Morgan fingerprint density at radius 2 is 2.05 bits per heavy atom. The predicted molar refractivity (Wildman–Crippen MR) is 76.7 cm³/mol. The van der Waals surface area contributed by atoms with Crippen molar-refractivity contribution >= 4 is 11.4 Å². The number of rotatable bonds is 1. The number of anilines is 1. The van der Waals surface area contributed by atoms with Crippen LogP contribution in [0.4, 0.5) is 5.69 Å². The van der Waals surface area contributed by atoms with E-state index in [1.807, 2.05) is 0 Å². The Morgan fingerprint density at radius 1 is 1.16 bits per heavy atom. The summed E-state index contributed by atoms with van der Waals surface area (Å²) in [7, 11) is 0. The highest BCUT2D eigenvalue weighted by Gasteiger charge is 2.40. The molecule has 1 aromatic rings. The average molecular weight is 256 g/mol. The number of oxime groups is 1. The first kappa shape index (κ1) is 11.3. The summed E-state index contributed by atoms with van der Waals surface area (Å²) in [6.45, 7) is 1.06. The summed E-state index contributed by atoms with van der Waals surface area (Å²) < 4.78 is 0. The minimum absolute atomic E-state index is 0.0278. The van der Waals surface area contributed by atoms with E-state index in [1.165, 1.54) is 48.9 Å². The molecule has 0 saturated heterocycles. The standard InChI is InChI=1S/C16H20N2O/c1-2-7-16(8-3-1)11-15(18-19-16)13-5-4-12-6-9-17-14(12)10-13/h4-5,10,17H,1-3,6-9,11H2. The van der Waals surface area contributed by atoms with Gasteiger partial charge in [0.05, 0.1) is 5.71 Å². The minimum atomic E-state index is 0.0278. The van der Waals surface area contributed by atoms with Crippen LogP contribution in [0.1, 0.15) is 49.7 Å². The van der Waals surface area contributed by atoms with Crippen LogP contribution in [0.25, 0.3) is 0 Å². The fourth-order valence-electron chi connectivity index (χ4n) is 3.61. The maximum Gasteiger partial charge on any atom is 0.143 e. The van der Waals surface area contributed by atoms with Crippen LogP contribution in [-0.4, -0.2) is 17.9 Å². The van der Waals surface area contributed by atoms with E-state index in [2.05, 4.69) is 28.7 Å². The maximum atomic E-state index is 5.84. The number of nitrogens with zero attached hydrogens (tertiary/aromatic N) is 1. The molecule has 1 spiro atoms. The van der Waals surface area contributed by atoms with Gasteiger partial charge in [-0.15, -0.1) is 0 Å². The molecule has 2 aliphatic heterocycles. The van der Waals surface area contributed by atoms with E-state index in [0.717, 1.165) is 25.1 Å². The first-order valence-corrected chi connectivity index (χ1v) is 7.47. The zero-order valence-corrected chi connectivity index (χ0v) is 11.2. The highest BCUT2D eigenvalue weighted by atomic mass is 16.7. The molecule has 3 heteroatoms. The van der Waals surface area contributed by atoms with E-state index < -0.39 is 0 Å². The van der Waals surface area contributed by atoms with Crippen molar-refractivity contribution in [2.24, 2.45) is 5.16 Å². The molecule has 0 atom stereocenters. The first-order chi connectivity index (χ1) is 9.35. The van der Waals surface area contributed by atoms with Gasteiger partial charge in [0.1, 0.15) is 5.60 Å². The summed E-state index contributed by atoms with van der Waals surface area (Å²) >= 11 is 0. The Kier molecular flexibility index (Phi) is 2.54. The van der Waals surface area contributed by atoms with E-state index in [1.54, 1.807) is 0 Å². The third-order valence-corrected chi connectivity index (χ3v) is 4.76. The Morgan fingerprint density at radius 3 is 2.95 bits per heavy atom. The van der Waals surface area contributed by atoms with Gasteiger partial charge in [-0.1, -0.05) is 23.7 Å². The van der Waals surface area contributed by atoms with Gasteiger partial charge in [-0.05, 0) is 43.7 Å². The molecule has 4 rings (SSSR count). The smallest absolute Gasteiger partial charge is 0.143 e. The summed E-state index contributed by atoms with van der Waals surface area (Å²) in [5.74, 6) is 0. The first-order valence-electron chi connectivity index (χ1n) is 7.47. The van der Waals surface area contributed by atoms with Gasteiger partial charge in [-0.3, -0.25) is 0 Å². The molecule has 0 aromatic heterocycles. The van der Waals surface area contributed by atoms with Crippen molar-refractivity contribution in [2.45, 2.75) is 50.5 Å². The number of nitrogens with one attached hydrogen (secondary N) is 1. The molecule has 1 aromatic carbocycles. The SMILES string of the molecule is c1cc2c(cc1C1=NOC3(CCCCC3)C1)NCC2. The van der Waals surface area contributed by atoms with Crippen molar-refractivity contribution < 1.29 is 4.84 Å². The Hall–Kier alpha value is -1.51. The lowest BCUT2D eigenvalue weighted by molar-refractivity contribution is -0.0449. The average Bonchev–Trinajstić information content (AvgIpc) is 3.06. The van der Waals surface area contributed by atoms with Crippen LogP contribution in [0.2, 0.25) is 0 Å². The predicted octanol–water partition coefficient (Wildman–Crippen LogP) is 3.48. The fourth-order valence-corrected chi connectivity index (χ4v) is 3.61. The van der Waals surface area contributed by atoms with Gasteiger partial charge >= 0.3 is 0 Å². The lowest BCUT2D eigenvalue weighted by Gasteiger charge is -2.30. The van der Waals surface area contributed by atoms with Gasteiger partial charge in [0.15, 0.2) is 0 Å². The molecule has 0 bridgehead atoms. The van der Waals surface area contributed by atoms with Crippen LogP contribution in [-0.2, 0) is 11.3 Å². The van der Waals surface area contributed by atoms with Gasteiger partial charge in [0.25, 0.3) is 0 Å². The zero-order valence-electron chi connectivity index (χ0n) is 11.2. The molecule has 100 valence electrons. The summed E-state index contributed by atoms with van der Waals surface area (Å²) in [5, 5.41) is 7.84. The normalized spacial score (nSPS) is 23.7. The van der Waals surface area contributed by atoms with Crippen molar-refractivity contribution in [1.29, 1.82) is 0 Å². The molecule has 3 nitrogen and oxygen atoms in total. The largest absolute Gasteiger partial charge is 0.389 e. The lowest BCUT2D eigenvalue weighted by Crippen LogP contribution is -2.31. The van der Waals surface area contributed by atoms with Crippen molar-refractivity contribution in [2.75, 3.05) is 11.9 Å². The highest BCUT2D eigenvalue weighted by Crippen LogP contribution is 2.39.